The third kappa shape index (κ3) is 4.80. The monoisotopic (exact) mass is 352 g/mol. The molecule has 0 heterocycles. The van der Waals surface area contributed by atoms with Crippen molar-refractivity contribution in [1.82, 2.24) is 9.62 Å². The number of hydrogen-bond donors (Lipinski definition) is 1. The van der Waals surface area contributed by atoms with Gasteiger partial charge in [0.05, 0.1) is 11.4 Å². The zero-order chi connectivity index (χ0) is 17.7. The van der Waals surface area contributed by atoms with E-state index in [2.05, 4.69) is 5.32 Å². The maximum Gasteiger partial charge on any atom is 0.243 e. The Morgan fingerprint density at radius 2 is 1.75 bits per heavy atom. The van der Waals surface area contributed by atoms with Gasteiger partial charge in [0.25, 0.3) is 0 Å². The van der Waals surface area contributed by atoms with Crippen molar-refractivity contribution in [2.24, 2.45) is 0 Å². The SMILES string of the molecule is Cc1ccc(S(=O)(=O)N(CC(=O)NC(C)C)C2CCCCC2)cc1. The number of aryl methyl sites for hydroxylation is 1. The molecular weight excluding hydrogens is 324 g/mol. The molecule has 1 aliphatic rings. The predicted octanol–water partition coefficient (Wildman–Crippen LogP) is 2.84. The maximum atomic E-state index is 13.1. The lowest BCUT2D eigenvalue weighted by Crippen LogP contribution is -2.48. The largest absolute Gasteiger partial charge is 0.353 e. The van der Waals surface area contributed by atoms with E-state index in [0.717, 1.165) is 37.7 Å². The minimum absolute atomic E-state index is 0.00668. The molecule has 0 aromatic heterocycles. The first-order valence-corrected chi connectivity index (χ1v) is 10.1. The zero-order valence-corrected chi connectivity index (χ0v) is 15.6. The summed E-state index contributed by atoms with van der Waals surface area (Å²) in [7, 11) is -3.68. The fourth-order valence-corrected chi connectivity index (χ4v) is 4.78. The van der Waals surface area contributed by atoms with E-state index < -0.39 is 10.0 Å². The third-order valence-corrected chi connectivity index (χ3v) is 6.27. The second-order valence-corrected chi connectivity index (χ2v) is 8.77. The zero-order valence-electron chi connectivity index (χ0n) is 14.8. The second-order valence-electron chi connectivity index (χ2n) is 6.88. The molecule has 134 valence electrons. The number of sulfonamides is 1. The highest BCUT2D eigenvalue weighted by Gasteiger charge is 2.33. The molecule has 2 rings (SSSR count). The van der Waals surface area contributed by atoms with Crippen molar-refractivity contribution in [1.29, 1.82) is 0 Å². The van der Waals surface area contributed by atoms with E-state index in [4.69, 9.17) is 0 Å². The molecule has 6 heteroatoms. The lowest BCUT2D eigenvalue weighted by atomic mass is 9.95. The highest BCUT2D eigenvalue weighted by atomic mass is 32.2. The van der Waals surface area contributed by atoms with Gasteiger partial charge in [0.2, 0.25) is 15.9 Å². The number of nitrogens with zero attached hydrogens (tertiary/aromatic N) is 1. The quantitative estimate of drug-likeness (QED) is 0.856. The van der Waals surface area contributed by atoms with Gasteiger partial charge in [-0.05, 0) is 45.7 Å². The molecule has 1 fully saturated rings. The molecule has 1 aliphatic carbocycles. The highest BCUT2D eigenvalue weighted by molar-refractivity contribution is 7.89. The Bertz CT molecular complexity index is 647. The molecule has 1 aromatic rings. The Hall–Kier alpha value is -1.40. The van der Waals surface area contributed by atoms with Crippen molar-refractivity contribution in [3.63, 3.8) is 0 Å². The molecule has 0 unspecified atom stereocenters. The first kappa shape index (κ1) is 18.9. The summed E-state index contributed by atoms with van der Waals surface area (Å²) >= 11 is 0. The summed E-state index contributed by atoms with van der Waals surface area (Å²) < 4.78 is 27.6. The number of hydrogen-bond acceptors (Lipinski definition) is 3. The molecule has 24 heavy (non-hydrogen) atoms. The van der Waals surface area contributed by atoms with E-state index >= 15 is 0 Å². The lowest BCUT2D eigenvalue weighted by molar-refractivity contribution is -0.122. The van der Waals surface area contributed by atoms with Crippen LogP contribution < -0.4 is 5.32 Å². The van der Waals surface area contributed by atoms with Crippen molar-refractivity contribution in [2.75, 3.05) is 6.54 Å². The number of rotatable bonds is 6. The van der Waals surface area contributed by atoms with Crippen LogP contribution in [0.1, 0.15) is 51.5 Å². The lowest BCUT2D eigenvalue weighted by Gasteiger charge is -2.33. The number of amides is 1. The molecule has 0 spiro atoms. The highest BCUT2D eigenvalue weighted by Crippen LogP contribution is 2.27. The van der Waals surface area contributed by atoms with Crippen LogP contribution in [0.2, 0.25) is 0 Å². The van der Waals surface area contributed by atoms with Gasteiger partial charge >= 0.3 is 0 Å². The second kappa shape index (κ2) is 8.12. The van der Waals surface area contributed by atoms with Gasteiger partial charge in [-0.25, -0.2) is 8.42 Å². The van der Waals surface area contributed by atoms with E-state index in [-0.39, 0.29) is 29.4 Å². The Morgan fingerprint density at radius 1 is 1.17 bits per heavy atom. The van der Waals surface area contributed by atoms with Crippen LogP contribution in [0.15, 0.2) is 29.2 Å². The molecule has 0 aliphatic heterocycles. The molecule has 0 saturated heterocycles. The molecule has 1 N–H and O–H groups in total. The number of nitrogens with one attached hydrogen (secondary N) is 1. The summed E-state index contributed by atoms with van der Waals surface area (Å²) in [6, 6.07) is 6.73. The fraction of sp³-hybridized carbons (Fsp3) is 0.611. The normalized spacial score (nSPS) is 16.5. The van der Waals surface area contributed by atoms with Crippen LogP contribution in [-0.4, -0.2) is 37.3 Å². The van der Waals surface area contributed by atoms with Crippen LogP contribution >= 0.6 is 0 Å². The smallest absolute Gasteiger partial charge is 0.243 e. The number of carbonyl (C=O) groups excluding carboxylic acids is 1. The van der Waals surface area contributed by atoms with E-state index in [1.165, 1.54) is 4.31 Å². The maximum absolute atomic E-state index is 13.1. The van der Waals surface area contributed by atoms with E-state index in [9.17, 15) is 13.2 Å². The summed E-state index contributed by atoms with van der Waals surface area (Å²) in [4.78, 5) is 12.5. The minimum Gasteiger partial charge on any atom is -0.353 e. The first-order valence-electron chi connectivity index (χ1n) is 8.68. The van der Waals surface area contributed by atoms with Gasteiger partial charge in [0.1, 0.15) is 0 Å². The van der Waals surface area contributed by atoms with Gasteiger partial charge in [-0.2, -0.15) is 4.31 Å². The molecule has 1 aromatic carbocycles. The molecule has 1 saturated carbocycles. The summed E-state index contributed by atoms with van der Waals surface area (Å²) in [5.41, 5.74) is 1.01. The molecule has 1 amide bonds. The predicted molar refractivity (Wildman–Crippen MR) is 95.2 cm³/mol. The van der Waals surface area contributed by atoms with Crippen LogP contribution in [0.3, 0.4) is 0 Å². The van der Waals surface area contributed by atoms with E-state index in [1.807, 2.05) is 20.8 Å². The van der Waals surface area contributed by atoms with Crippen LogP contribution in [0.25, 0.3) is 0 Å². The number of carbonyl (C=O) groups is 1. The van der Waals surface area contributed by atoms with Crippen LogP contribution in [0, 0.1) is 6.92 Å². The molecule has 0 bridgehead atoms. The van der Waals surface area contributed by atoms with Crippen molar-refractivity contribution >= 4 is 15.9 Å². The average Bonchev–Trinajstić information content (AvgIpc) is 2.53. The first-order chi connectivity index (χ1) is 11.3. The summed E-state index contributed by atoms with van der Waals surface area (Å²) in [5, 5.41) is 2.80. The molecule has 0 radical (unpaired) electrons. The van der Waals surface area contributed by atoms with Crippen molar-refractivity contribution in [3.8, 4) is 0 Å². The Kier molecular flexibility index (Phi) is 6.40. The fourth-order valence-electron chi connectivity index (χ4n) is 3.13. The topological polar surface area (TPSA) is 66.5 Å². The van der Waals surface area contributed by atoms with Gasteiger partial charge in [0, 0.05) is 12.1 Å². The van der Waals surface area contributed by atoms with Crippen LogP contribution in [0.4, 0.5) is 0 Å². The average molecular weight is 353 g/mol. The third-order valence-electron chi connectivity index (χ3n) is 4.36. The molecule has 5 nitrogen and oxygen atoms in total. The Morgan fingerprint density at radius 3 is 2.29 bits per heavy atom. The van der Waals surface area contributed by atoms with Crippen LogP contribution in [-0.2, 0) is 14.8 Å². The van der Waals surface area contributed by atoms with E-state index in [1.54, 1.807) is 24.3 Å². The summed E-state index contributed by atoms with van der Waals surface area (Å²) in [5.74, 6) is -0.244. The van der Waals surface area contributed by atoms with Gasteiger partial charge in [0.15, 0.2) is 0 Å². The molecule has 0 atom stereocenters. The number of benzene rings is 1. The van der Waals surface area contributed by atoms with Crippen molar-refractivity contribution in [3.05, 3.63) is 29.8 Å². The van der Waals surface area contributed by atoms with Gasteiger partial charge in [-0.1, -0.05) is 37.0 Å². The Balaban J connectivity index is 2.29. The minimum atomic E-state index is -3.68. The molecular formula is C18H28N2O3S. The van der Waals surface area contributed by atoms with Gasteiger partial charge in [-0.3, -0.25) is 4.79 Å². The Labute approximate surface area is 145 Å². The standard InChI is InChI=1S/C18H28N2O3S/c1-14(2)19-18(21)13-20(16-7-5-4-6-8-16)24(22,23)17-11-9-15(3)10-12-17/h9-12,14,16H,4-8,13H2,1-3H3,(H,19,21). The van der Waals surface area contributed by atoms with Gasteiger partial charge in [-0.15, -0.1) is 0 Å². The van der Waals surface area contributed by atoms with E-state index in [0.29, 0.717) is 0 Å². The van der Waals surface area contributed by atoms with Crippen molar-refractivity contribution < 1.29 is 13.2 Å². The van der Waals surface area contributed by atoms with Crippen LogP contribution in [0.5, 0.6) is 0 Å². The summed E-state index contributed by atoms with van der Waals surface area (Å²) in [6.45, 7) is 5.55. The van der Waals surface area contributed by atoms with Crippen molar-refractivity contribution in [2.45, 2.75) is 69.9 Å². The summed E-state index contributed by atoms with van der Waals surface area (Å²) in [6.07, 6.45) is 4.79. The van der Waals surface area contributed by atoms with Gasteiger partial charge < -0.3 is 5.32 Å².